The molecule has 0 saturated carbocycles. The van der Waals surface area contributed by atoms with Crippen LogP contribution in [0.15, 0.2) is 29.4 Å². The number of aryl methyl sites for hydroxylation is 2. The van der Waals surface area contributed by atoms with Gasteiger partial charge in [-0.15, -0.1) is 10.2 Å². The van der Waals surface area contributed by atoms with Gasteiger partial charge in [-0.3, -0.25) is 0 Å². The highest BCUT2D eigenvalue weighted by Crippen LogP contribution is 2.27. The van der Waals surface area contributed by atoms with Crippen LogP contribution < -0.4 is 0 Å². The quantitative estimate of drug-likeness (QED) is 0.810. The summed E-state index contributed by atoms with van der Waals surface area (Å²) in [5.74, 6) is 1.08. The van der Waals surface area contributed by atoms with Crippen LogP contribution in [0.25, 0.3) is 0 Å². The zero-order chi connectivity index (χ0) is 15.4. The summed E-state index contributed by atoms with van der Waals surface area (Å²) in [5.41, 5.74) is 2.44. The number of thioether (sulfide) groups is 1. The van der Waals surface area contributed by atoms with Crippen molar-refractivity contribution in [2.45, 2.75) is 56.0 Å². The molecule has 2 aromatic rings. The first-order valence-electron chi connectivity index (χ1n) is 7.80. The minimum atomic E-state index is -0.126. The van der Waals surface area contributed by atoms with Gasteiger partial charge in [0.1, 0.15) is 11.1 Å². The highest BCUT2D eigenvalue weighted by atomic mass is 32.2. The topological polar surface area (TPSA) is 54.5 Å². The van der Waals surface area contributed by atoms with E-state index in [-0.39, 0.29) is 5.25 Å². The molecule has 0 spiro atoms. The van der Waals surface area contributed by atoms with Crippen molar-refractivity contribution >= 4 is 11.8 Å². The molecule has 0 N–H and O–H groups in total. The van der Waals surface area contributed by atoms with E-state index in [0.717, 1.165) is 30.4 Å². The van der Waals surface area contributed by atoms with Gasteiger partial charge >= 0.3 is 0 Å². The van der Waals surface area contributed by atoms with Crippen LogP contribution >= 0.6 is 11.8 Å². The zero-order valence-corrected chi connectivity index (χ0v) is 13.6. The maximum absolute atomic E-state index is 9.47. The number of benzene rings is 1. The Hall–Kier alpha value is -1.80. The lowest BCUT2D eigenvalue weighted by molar-refractivity contribution is 0.590. The minimum Gasteiger partial charge on any atom is -0.306 e. The Bertz CT molecular complexity index is 669. The van der Waals surface area contributed by atoms with Crippen molar-refractivity contribution in [2.75, 3.05) is 0 Å². The summed E-state index contributed by atoms with van der Waals surface area (Å²) < 4.78 is 2.21. The first kappa shape index (κ1) is 15.1. The van der Waals surface area contributed by atoms with Crippen LogP contribution in [0.1, 0.15) is 36.2 Å². The van der Waals surface area contributed by atoms with E-state index in [1.807, 2.05) is 0 Å². The molecule has 1 aromatic heterocycles. The Morgan fingerprint density at radius 3 is 2.82 bits per heavy atom. The summed E-state index contributed by atoms with van der Waals surface area (Å²) in [6.07, 6.45) is 5.35. The van der Waals surface area contributed by atoms with E-state index in [1.165, 1.54) is 30.4 Å². The summed E-state index contributed by atoms with van der Waals surface area (Å²) in [7, 11) is 0. The van der Waals surface area contributed by atoms with Crippen LogP contribution in [0.4, 0.5) is 0 Å². The largest absolute Gasteiger partial charge is 0.306 e. The molecule has 1 aromatic carbocycles. The normalized spacial score (nSPS) is 15.6. The van der Waals surface area contributed by atoms with E-state index < -0.39 is 0 Å². The third-order valence-electron chi connectivity index (χ3n) is 4.01. The average molecular weight is 312 g/mol. The molecule has 4 nitrogen and oxygen atoms in total. The van der Waals surface area contributed by atoms with Crippen molar-refractivity contribution in [1.82, 2.24) is 14.8 Å². The van der Waals surface area contributed by atoms with Crippen LogP contribution in [-0.4, -0.2) is 20.0 Å². The fourth-order valence-corrected chi connectivity index (χ4v) is 3.72. The Morgan fingerprint density at radius 2 is 2.05 bits per heavy atom. The molecule has 0 amide bonds. The van der Waals surface area contributed by atoms with Gasteiger partial charge in [0.2, 0.25) is 0 Å². The first-order chi connectivity index (χ1) is 10.8. The molecule has 0 bridgehead atoms. The van der Waals surface area contributed by atoms with E-state index in [2.05, 4.69) is 52.0 Å². The Morgan fingerprint density at radius 1 is 1.23 bits per heavy atom. The molecule has 0 saturated heterocycles. The standard InChI is InChI=1S/C17H20N4S/c1-13-6-8-14(9-7-13)11-15(12-18)22-17-20-19-16-5-3-2-4-10-21(16)17/h6-9,15H,2-5,10-11H2,1H3/t15-/m0/s1. The van der Waals surface area contributed by atoms with Gasteiger partial charge < -0.3 is 4.57 Å². The van der Waals surface area contributed by atoms with E-state index in [4.69, 9.17) is 0 Å². The van der Waals surface area contributed by atoms with E-state index in [9.17, 15) is 5.26 Å². The number of aromatic nitrogens is 3. The lowest BCUT2D eigenvalue weighted by atomic mass is 10.1. The van der Waals surface area contributed by atoms with Gasteiger partial charge in [0.25, 0.3) is 0 Å². The third-order valence-corrected chi connectivity index (χ3v) is 5.08. The fourth-order valence-electron chi connectivity index (χ4n) is 2.72. The van der Waals surface area contributed by atoms with Crippen molar-refractivity contribution < 1.29 is 0 Å². The van der Waals surface area contributed by atoms with E-state index in [1.54, 1.807) is 11.8 Å². The smallest absolute Gasteiger partial charge is 0.192 e. The van der Waals surface area contributed by atoms with Crippen molar-refractivity contribution in [3.05, 3.63) is 41.2 Å². The van der Waals surface area contributed by atoms with Gasteiger partial charge in [-0.2, -0.15) is 5.26 Å². The molecule has 22 heavy (non-hydrogen) atoms. The van der Waals surface area contributed by atoms with Crippen molar-refractivity contribution in [1.29, 1.82) is 5.26 Å². The summed E-state index contributed by atoms with van der Waals surface area (Å²) in [6.45, 7) is 3.05. The number of nitriles is 1. The third kappa shape index (κ3) is 3.50. The van der Waals surface area contributed by atoms with Crippen LogP contribution in [0.5, 0.6) is 0 Å². The van der Waals surface area contributed by atoms with Gasteiger partial charge in [0.05, 0.1) is 6.07 Å². The maximum atomic E-state index is 9.47. The minimum absolute atomic E-state index is 0.126. The highest BCUT2D eigenvalue weighted by Gasteiger charge is 2.19. The Balaban J connectivity index is 1.72. The molecule has 1 atom stereocenters. The van der Waals surface area contributed by atoms with Gasteiger partial charge in [-0.25, -0.2) is 0 Å². The summed E-state index contributed by atoms with van der Waals surface area (Å²) in [4.78, 5) is 0. The molecule has 114 valence electrons. The molecular weight excluding hydrogens is 292 g/mol. The number of nitrogens with zero attached hydrogens (tertiary/aromatic N) is 4. The molecular formula is C17H20N4S. The Kier molecular flexibility index (Phi) is 4.79. The van der Waals surface area contributed by atoms with Crippen LogP contribution in [0.2, 0.25) is 0 Å². The monoisotopic (exact) mass is 312 g/mol. The molecule has 0 fully saturated rings. The number of rotatable bonds is 4. The second-order valence-corrected chi connectivity index (χ2v) is 6.96. The van der Waals surface area contributed by atoms with Crippen LogP contribution in [0.3, 0.4) is 0 Å². The van der Waals surface area contributed by atoms with Gasteiger partial charge in [-0.1, -0.05) is 48.0 Å². The predicted molar refractivity (Wildman–Crippen MR) is 87.7 cm³/mol. The molecule has 0 aliphatic carbocycles. The number of hydrogen-bond donors (Lipinski definition) is 0. The molecule has 1 aliphatic rings. The van der Waals surface area contributed by atoms with Gasteiger partial charge in [0.15, 0.2) is 5.16 Å². The second-order valence-electron chi connectivity index (χ2n) is 5.79. The zero-order valence-electron chi connectivity index (χ0n) is 12.8. The second kappa shape index (κ2) is 6.97. The summed E-state index contributed by atoms with van der Waals surface area (Å²) >= 11 is 1.55. The summed E-state index contributed by atoms with van der Waals surface area (Å²) in [5, 5.41) is 18.9. The number of fused-ring (bicyclic) bond motifs is 1. The Labute approximate surface area is 135 Å². The average Bonchev–Trinajstić information content (AvgIpc) is 2.76. The molecule has 3 rings (SSSR count). The molecule has 5 heteroatoms. The maximum Gasteiger partial charge on any atom is 0.192 e. The van der Waals surface area contributed by atoms with Crippen molar-refractivity contribution in [3.8, 4) is 6.07 Å². The molecule has 0 radical (unpaired) electrons. The predicted octanol–water partition coefficient (Wildman–Crippen LogP) is 3.54. The van der Waals surface area contributed by atoms with Crippen LogP contribution in [0, 0.1) is 18.3 Å². The SMILES string of the molecule is Cc1ccc(C[C@@H](C#N)Sc2nnc3n2CCCCC3)cc1. The van der Waals surface area contributed by atoms with Crippen molar-refractivity contribution in [3.63, 3.8) is 0 Å². The van der Waals surface area contributed by atoms with E-state index >= 15 is 0 Å². The molecule has 0 unspecified atom stereocenters. The highest BCUT2D eigenvalue weighted by molar-refractivity contribution is 8.00. The molecule has 1 aliphatic heterocycles. The fraction of sp³-hybridized carbons (Fsp3) is 0.471. The first-order valence-corrected chi connectivity index (χ1v) is 8.68. The van der Waals surface area contributed by atoms with Gasteiger partial charge in [-0.05, 0) is 31.7 Å². The lowest BCUT2D eigenvalue weighted by Gasteiger charge is -2.10. The lowest BCUT2D eigenvalue weighted by Crippen LogP contribution is -2.08. The summed E-state index contributed by atoms with van der Waals surface area (Å²) in [6, 6.07) is 10.8. The van der Waals surface area contributed by atoms with Crippen molar-refractivity contribution in [2.24, 2.45) is 0 Å². The van der Waals surface area contributed by atoms with Crippen LogP contribution in [-0.2, 0) is 19.4 Å². The van der Waals surface area contributed by atoms with E-state index in [0.29, 0.717) is 0 Å². The molecule has 2 heterocycles. The number of hydrogen-bond acceptors (Lipinski definition) is 4. The van der Waals surface area contributed by atoms with Gasteiger partial charge in [0, 0.05) is 13.0 Å².